The highest BCUT2D eigenvalue weighted by molar-refractivity contribution is 7.88. The Balaban J connectivity index is 2.49. The molecule has 0 radical (unpaired) electrons. The highest BCUT2D eigenvalue weighted by Crippen LogP contribution is 2.17. The van der Waals surface area contributed by atoms with Crippen molar-refractivity contribution < 1.29 is 22.7 Å². The minimum absolute atomic E-state index is 0.0302. The molecule has 0 bridgehead atoms. The molecule has 136 valence electrons. The Kier molecular flexibility index (Phi) is 8.00. The van der Waals surface area contributed by atoms with Gasteiger partial charge in [-0.25, -0.2) is 8.42 Å². The quantitative estimate of drug-likeness (QED) is 0.680. The Labute approximate surface area is 144 Å². The molecular formula is C16H26N2O5S. The summed E-state index contributed by atoms with van der Waals surface area (Å²) in [4.78, 5) is 11.7. The summed E-state index contributed by atoms with van der Waals surface area (Å²) in [5.74, 6) is 1.17. The molecule has 1 aromatic carbocycles. The Morgan fingerprint density at radius 1 is 1.17 bits per heavy atom. The van der Waals surface area contributed by atoms with Crippen LogP contribution in [0.15, 0.2) is 24.3 Å². The van der Waals surface area contributed by atoms with E-state index < -0.39 is 10.0 Å². The molecular weight excluding hydrogens is 332 g/mol. The predicted molar refractivity (Wildman–Crippen MR) is 92.8 cm³/mol. The maximum atomic E-state index is 11.8. The fourth-order valence-electron chi connectivity index (χ4n) is 2.00. The van der Waals surface area contributed by atoms with Crippen molar-refractivity contribution in [2.24, 2.45) is 0 Å². The first kappa shape index (κ1) is 20.2. The predicted octanol–water partition coefficient (Wildman–Crippen LogP) is 1.25. The number of amides is 1. The van der Waals surface area contributed by atoms with Gasteiger partial charge in [-0.2, -0.15) is 4.31 Å². The molecule has 24 heavy (non-hydrogen) atoms. The van der Waals surface area contributed by atoms with Crippen LogP contribution in [0.2, 0.25) is 0 Å². The molecule has 0 fully saturated rings. The second kappa shape index (κ2) is 9.48. The van der Waals surface area contributed by atoms with E-state index in [9.17, 15) is 13.2 Å². The normalized spacial score (nSPS) is 11.6. The molecule has 0 aliphatic carbocycles. The van der Waals surface area contributed by atoms with Crippen molar-refractivity contribution in [3.8, 4) is 11.5 Å². The van der Waals surface area contributed by atoms with E-state index in [4.69, 9.17) is 9.47 Å². The van der Waals surface area contributed by atoms with Gasteiger partial charge in [-0.05, 0) is 38.1 Å². The van der Waals surface area contributed by atoms with Crippen molar-refractivity contribution in [1.82, 2.24) is 9.62 Å². The highest BCUT2D eigenvalue weighted by Gasteiger charge is 2.18. The highest BCUT2D eigenvalue weighted by atomic mass is 32.2. The van der Waals surface area contributed by atoms with Crippen LogP contribution < -0.4 is 14.8 Å². The maximum Gasteiger partial charge on any atom is 0.221 e. The van der Waals surface area contributed by atoms with Gasteiger partial charge in [0.25, 0.3) is 0 Å². The van der Waals surface area contributed by atoms with E-state index in [2.05, 4.69) is 5.32 Å². The first-order valence-corrected chi connectivity index (χ1v) is 9.58. The Hall–Kier alpha value is -1.80. The summed E-state index contributed by atoms with van der Waals surface area (Å²) in [5.41, 5.74) is 0. The lowest BCUT2D eigenvalue weighted by atomic mass is 10.3. The molecule has 7 nitrogen and oxygen atoms in total. The van der Waals surface area contributed by atoms with E-state index in [1.807, 2.05) is 13.8 Å². The van der Waals surface area contributed by atoms with E-state index in [0.29, 0.717) is 5.75 Å². The molecule has 0 atom stereocenters. The van der Waals surface area contributed by atoms with Gasteiger partial charge in [-0.3, -0.25) is 4.79 Å². The third kappa shape index (κ3) is 7.65. The lowest BCUT2D eigenvalue weighted by Gasteiger charge is -2.20. The monoisotopic (exact) mass is 358 g/mol. The van der Waals surface area contributed by atoms with E-state index in [1.54, 1.807) is 31.4 Å². The third-order valence-electron chi connectivity index (χ3n) is 3.18. The minimum atomic E-state index is -3.40. The third-order valence-corrected chi connectivity index (χ3v) is 4.48. The SMILES string of the molecule is COc1ccc(OCCN(CCC(=O)NC(C)C)S(C)(=O)=O)cc1. The zero-order valence-corrected chi connectivity index (χ0v) is 15.4. The van der Waals surface area contributed by atoms with Crippen LogP contribution in [-0.2, 0) is 14.8 Å². The maximum absolute atomic E-state index is 11.8. The smallest absolute Gasteiger partial charge is 0.221 e. The number of hydrogen-bond acceptors (Lipinski definition) is 5. The van der Waals surface area contributed by atoms with Crippen molar-refractivity contribution in [2.45, 2.75) is 26.3 Å². The standard InChI is InChI=1S/C16H26N2O5S/c1-13(2)17-16(19)9-10-18(24(4,20)21)11-12-23-15-7-5-14(22-3)6-8-15/h5-8,13H,9-12H2,1-4H3,(H,17,19). The molecule has 0 saturated carbocycles. The van der Waals surface area contributed by atoms with Gasteiger partial charge < -0.3 is 14.8 Å². The van der Waals surface area contributed by atoms with E-state index in [1.165, 1.54) is 4.31 Å². The summed E-state index contributed by atoms with van der Waals surface area (Å²) in [6.45, 7) is 4.22. The molecule has 0 aromatic heterocycles. The van der Waals surface area contributed by atoms with E-state index in [-0.39, 0.29) is 38.1 Å². The van der Waals surface area contributed by atoms with Crippen molar-refractivity contribution in [1.29, 1.82) is 0 Å². The van der Waals surface area contributed by atoms with Crippen molar-refractivity contribution in [2.75, 3.05) is 33.1 Å². The molecule has 1 N–H and O–H groups in total. The Morgan fingerprint density at radius 2 is 1.75 bits per heavy atom. The summed E-state index contributed by atoms with van der Waals surface area (Å²) in [7, 11) is -1.82. The van der Waals surface area contributed by atoms with Gasteiger partial charge in [0.15, 0.2) is 0 Å². The molecule has 0 aliphatic rings. The molecule has 8 heteroatoms. The van der Waals surface area contributed by atoms with Gasteiger partial charge >= 0.3 is 0 Å². The second-order valence-electron chi connectivity index (χ2n) is 5.66. The number of rotatable bonds is 10. The van der Waals surface area contributed by atoms with Gasteiger partial charge in [0.2, 0.25) is 15.9 Å². The number of hydrogen-bond donors (Lipinski definition) is 1. The van der Waals surface area contributed by atoms with E-state index in [0.717, 1.165) is 12.0 Å². The molecule has 0 aliphatic heterocycles. The topological polar surface area (TPSA) is 84.9 Å². The Bertz CT molecular complexity index is 614. The fourth-order valence-corrected chi connectivity index (χ4v) is 2.83. The number of carbonyl (C=O) groups is 1. The largest absolute Gasteiger partial charge is 0.497 e. The number of methoxy groups -OCH3 is 1. The first-order chi connectivity index (χ1) is 11.2. The van der Waals surface area contributed by atoms with Gasteiger partial charge in [-0.1, -0.05) is 0 Å². The molecule has 1 amide bonds. The van der Waals surface area contributed by atoms with E-state index >= 15 is 0 Å². The van der Waals surface area contributed by atoms with Gasteiger partial charge in [-0.15, -0.1) is 0 Å². The number of sulfonamides is 1. The van der Waals surface area contributed by atoms with Crippen LogP contribution in [0.5, 0.6) is 11.5 Å². The van der Waals surface area contributed by atoms with Crippen LogP contribution in [0, 0.1) is 0 Å². The van der Waals surface area contributed by atoms with Crippen LogP contribution in [0.25, 0.3) is 0 Å². The average Bonchev–Trinajstić information content (AvgIpc) is 2.49. The van der Waals surface area contributed by atoms with Crippen LogP contribution in [0.4, 0.5) is 0 Å². The zero-order chi connectivity index (χ0) is 18.2. The molecule has 0 heterocycles. The van der Waals surface area contributed by atoms with Crippen molar-refractivity contribution >= 4 is 15.9 Å². The van der Waals surface area contributed by atoms with Crippen LogP contribution in [0.3, 0.4) is 0 Å². The lowest BCUT2D eigenvalue weighted by molar-refractivity contribution is -0.121. The summed E-state index contributed by atoms with van der Waals surface area (Å²) in [6, 6.07) is 7.06. The minimum Gasteiger partial charge on any atom is -0.497 e. The molecule has 0 spiro atoms. The van der Waals surface area contributed by atoms with Crippen LogP contribution >= 0.6 is 0 Å². The second-order valence-corrected chi connectivity index (χ2v) is 7.64. The average molecular weight is 358 g/mol. The lowest BCUT2D eigenvalue weighted by Crippen LogP contribution is -2.38. The van der Waals surface area contributed by atoms with Crippen molar-refractivity contribution in [3.63, 3.8) is 0 Å². The summed E-state index contributed by atoms with van der Waals surface area (Å²) >= 11 is 0. The number of nitrogens with zero attached hydrogens (tertiary/aromatic N) is 1. The number of benzene rings is 1. The van der Waals surface area contributed by atoms with Gasteiger partial charge in [0.05, 0.1) is 13.4 Å². The van der Waals surface area contributed by atoms with Crippen molar-refractivity contribution in [3.05, 3.63) is 24.3 Å². The zero-order valence-electron chi connectivity index (χ0n) is 14.6. The first-order valence-electron chi connectivity index (χ1n) is 7.73. The number of nitrogens with one attached hydrogen (secondary N) is 1. The van der Waals surface area contributed by atoms with Crippen LogP contribution in [-0.4, -0.2) is 57.7 Å². The molecule has 1 aromatic rings. The molecule has 0 saturated heterocycles. The number of carbonyl (C=O) groups excluding carboxylic acids is 1. The fraction of sp³-hybridized carbons (Fsp3) is 0.562. The van der Waals surface area contributed by atoms with Crippen LogP contribution in [0.1, 0.15) is 20.3 Å². The Morgan fingerprint density at radius 3 is 2.25 bits per heavy atom. The summed E-state index contributed by atoms with van der Waals surface area (Å²) in [6.07, 6.45) is 1.24. The van der Waals surface area contributed by atoms with Gasteiger partial charge in [0.1, 0.15) is 18.1 Å². The summed E-state index contributed by atoms with van der Waals surface area (Å²) < 4.78 is 35.5. The molecule has 0 unspecified atom stereocenters. The number of ether oxygens (including phenoxy) is 2. The van der Waals surface area contributed by atoms with Gasteiger partial charge in [0, 0.05) is 25.6 Å². The molecule has 1 rings (SSSR count). The summed E-state index contributed by atoms with van der Waals surface area (Å²) in [5, 5.41) is 2.74.